The summed E-state index contributed by atoms with van der Waals surface area (Å²) in [7, 11) is -5.94. The molecule has 0 aliphatic heterocycles. The van der Waals surface area contributed by atoms with Crippen LogP contribution in [0.2, 0.25) is 0 Å². The molecule has 20 nitrogen and oxygen atoms in total. The summed E-state index contributed by atoms with van der Waals surface area (Å²) >= 11 is 0. The smallest absolute Gasteiger partial charge is 0.258 e. The summed E-state index contributed by atoms with van der Waals surface area (Å²) in [6.07, 6.45) is 0. The maximum absolute atomic E-state index is 13.1. The molecule has 0 heterocycles. The summed E-state index contributed by atoms with van der Waals surface area (Å²) in [4.78, 5) is 54.4. The predicted octanol–water partition coefficient (Wildman–Crippen LogP) is 1.97. The Morgan fingerprint density at radius 1 is 0.455 bits per heavy atom. The predicted molar refractivity (Wildman–Crippen MR) is 98.3 cm³/mol. The molecule has 0 bridgehead atoms. The van der Waals surface area contributed by atoms with Crippen LogP contribution in [0.25, 0.3) is 0 Å². The Hall–Kier alpha value is -5.21. The first-order chi connectivity index (χ1) is 15.1. The Kier molecular flexibility index (Phi) is 5.93. The fourth-order valence-electron chi connectivity index (χ4n) is 2.57. The van der Waals surface area contributed by atoms with E-state index in [2.05, 4.69) is 0 Å². The van der Waals surface area contributed by atoms with Crippen molar-refractivity contribution in [2.75, 3.05) is 0 Å². The van der Waals surface area contributed by atoms with Gasteiger partial charge in [-0.2, -0.15) is 0 Å². The molecule has 2 rings (SSSR count). The van der Waals surface area contributed by atoms with Gasteiger partial charge in [0.15, 0.2) is 0 Å². The number of hydrogen-bond acceptors (Lipinski definition) is 14. The van der Waals surface area contributed by atoms with Crippen LogP contribution >= 0.6 is 0 Å². The lowest BCUT2D eigenvalue weighted by molar-refractivity contribution is -0.408. The molecule has 0 fully saturated rings. The molecule has 0 N–H and O–H groups in total. The van der Waals surface area contributed by atoms with Gasteiger partial charge in [0.25, 0.3) is 11.4 Å². The van der Waals surface area contributed by atoms with Crippen LogP contribution < -0.4 is 0 Å². The number of benzene rings is 2. The fourth-order valence-corrected chi connectivity index (χ4v) is 4.41. The van der Waals surface area contributed by atoms with E-state index in [1.54, 1.807) is 0 Å². The van der Waals surface area contributed by atoms with E-state index in [1.807, 2.05) is 0 Å². The van der Waals surface area contributed by atoms with Gasteiger partial charge in [0.1, 0.15) is 0 Å². The molecule has 0 radical (unpaired) electrons. The van der Waals surface area contributed by atoms with Gasteiger partial charge in [0.05, 0.1) is 53.8 Å². The topological polar surface area (TPSA) is 293 Å². The van der Waals surface area contributed by atoms with Crippen molar-refractivity contribution in [1.29, 1.82) is 0 Å². The summed E-state index contributed by atoms with van der Waals surface area (Å²) in [5, 5.41) is 67.4. The summed E-state index contributed by atoms with van der Waals surface area (Å²) in [5.41, 5.74) is -9.79. The normalized spacial score (nSPS) is 10.9. The van der Waals surface area contributed by atoms with Gasteiger partial charge in [0.2, 0.25) is 19.6 Å². The SMILES string of the molecule is O=[N+]([O-])c1cc([N+](=O)[O-])c(S(=O)(=O)c2c([N+](=O)[O-])cc([N+](=O)[O-])cc2[N+](=O)[O-])c([N+](=O)[O-])c1. The van der Waals surface area contributed by atoms with Gasteiger partial charge in [-0.1, -0.05) is 0 Å². The Bertz CT molecular complexity index is 1230. The maximum Gasteiger partial charge on any atom is 0.302 e. The summed E-state index contributed by atoms with van der Waals surface area (Å²) in [6.45, 7) is 0. The Labute approximate surface area is 177 Å². The Morgan fingerprint density at radius 3 is 0.818 bits per heavy atom. The van der Waals surface area contributed by atoms with Crippen molar-refractivity contribution >= 4 is 44.0 Å². The highest BCUT2D eigenvalue weighted by atomic mass is 32.2. The Balaban J connectivity index is 3.20. The van der Waals surface area contributed by atoms with Gasteiger partial charge < -0.3 is 0 Å². The molecule has 0 spiro atoms. The number of nitro benzene ring substituents is 6. The molecule has 0 aliphatic carbocycles. The number of hydrogen-bond donors (Lipinski definition) is 0. The van der Waals surface area contributed by atoms with Crippen molar-refractivity contribution in [3.63, 3.8) is 0 Å². The molecule has 2 aromatic rings. The molecule has 33 heavy (non-hydrogen) atoms. The zero-order valence-electron chi connectivity index (χ0n) is 15.1. The van der Waals surface area contributed by atoms with Crippen molar-refractivity contribution in [2.24, 2.45) is 0 Å². The summed E-state index contributed by atoms with van der Waals surface area (Å²) < 4.78 is 26.3. The van der Waals surface area contributed by atoms with Crippen LogP contribution in [0.3, 0.4) is 0 Å². The molecule has 0 saturated carbocycles. The van der Waals surface area contributed by atoms with Crippen LogP contribution in [0.4, 0.5) is 34.1 Å². The quantitative estimate of drug-likeness (QED) is 0.379. The van der Waals surface area contributed by atoms with Gasteiger partial charge in [-0.05, 0) is 0 Å². The second-order valence-corrected chi connectivity index (χ2v) is 7.50. The number of non-ortho nitro benzene ring substituents is 2. The number of nitrogens with zero attached hydrogens (tertiary/aromatic N) is 6. The maximum atomic E-state index is 13.1. The fraction of sp³-hybridized carbons (Fsp3) is 0. The highest BCUT2D eigenvalue weighted by molar-refractivity contribution is 7.92. The van der Waals surface area contributed by atoms with E-state index in [9.17, 15) is 69.1 Å². The minimum absolute atomic E-state index is 0.0110. The van der Waals surface area contributed by atoms with E-state index < -0.39 is 83.3 Å². The zero-order chi connectivity index (χ0) is 25.4. The van der Waals surface area contributed by atoms with E-state index >= 15 is 0 Å². The highest BCUT2D eigenvalue weighted by Gasteiger charge is 2.47. The highest BCUT2D eigenvalue weighted by Crippen LogP contribution is 2.46. The van der Waals surface area contributed by atoms with Gasteiger partial charge >= 0.3 is 22.7 Å². The lowest BCUT2D eigenvalue weighted by Crippen LogP contribution is -2.14. The molecule has 0 aliphatic rings. The monoisotopic (exact) mass is 488 g/mol. The van der Waals surface area contributed by atoms with Gasteiger partial charge in [-0.25, -0.2) is 8.42 Å². The first kappa shape index (κ1) is 24.1. The van der Waals surface area contributed by atoms with E-state index in [1.165, 1.54) is 0 Å². The number of sulfone groups is 1. The second-order valence-electron chi connectivity index (χ2n) is 5.67. The van der Waals surface area contributed by atoms with Crippen molar-refractivity contribution in [3.05, 3.63) is 85.0 Å². The van der Waals surface area contributed by atoms with E-state index in [4.69, 9.17) is 0 Å². The van der Waals surface area contributed by atoms with E-state index in [0.717, 1.165) is 0 Å². The first-order valence-corrected chi connectivity index (χ1v) is 9.07. The average Bonchev–Trinajstić information content (AvgIpc) is 2.71. The number of rotatable bonds is 8. The van der Waals surface area contributed by atoms with Crippen molar-refractivity contribution < 1.29 is 38.0 Å². The summed E-state index contributed by atoms with van der Waals surface area (Å²) in [5.74, 6) is 0. The number of nitro groups is 6. The van der Waals surface area contributed by atoms with Gasteiger partial charge in [0, 0.05) is 0 Å². The lowest BCUT2D eigenvalue weighted by atomic mass is 10.2. The largest absolute Gasteiger partial charge is 0.302 e. The molecule has 0 saturated heterocycles. The van der Waals surface area contributed by atoms with Gasteiger partial charge in [-0.15, -0.1) is 0 Å². The lowest BCUT2D eigenvalue weighted by Gasteiger charge is -2.08. The molecule has 2 aromatic carbocycles. The molecule has 21 heteroatoms. The Morgan fingerprint density at radius 2 is 0.667 bits per heavy atom. The zero-order valence-corrected chi connectivity index (χ0v) is 15.9. The van der Waals surface area contributed by atoms with Crippen LogP contribution in [-0.4, -0.2) is 38.0 Å². The average molecular weight is 488 g/mol. The second kappa shape index (κ2) is 8.14. The van der Waals surface area contributed by atoms with Crippen LogP contribution in [0.15, 0.2) is 34.1 Å². The molecular formula is C12H4N6O14S. The van der Waals surface area contributed by atoms with Crippen LogP contribution in [-0.2, 0) is 9.84 Å². The molecule has 0 unspecified atom stereocenters. The minimum atomic E-state index is -5.94. The summed E-state index contributed by atoms with van der Waals surface area (Å²) in [6, 6.07) is -0.0439. The molecule has 0 atom stereocenters. The first-order valence-electron chi connectivity index (χ1n) is 7.58. The third-order valence-electron chi connectivity index (χ3n) is 3.81. The third kappa shape index (κ3) is 4.18. The van der Waals surface area contributed by atoms with Crippen LogP contribution in [0.1, 0.15) is 0 Å². The van der Waals surface area contributed by atoms with E-state index in [-0.39, 0.29) is 24.3 Å². The van der Waals surface area contributed by atoms with Crippen molar-refractivity contribution in [3.8, 4) is 0 Å². The van der Waals surface area contributed by atoms with Crippen LogP contribution in [0, 0.1) is 60.7 Å². The van der Waals surface area contributed by atoms with Crippen molar-refractivity contribution in [2.45, 2.75) is 9.79 Å². The molecule has 0 amide bonds. The third-order valence-corrected chi connectivity index (χ3v) is 5.73. The minimum Gasteiger partial charge on any atom is -0.258 e. The van der Waals surface area contributed by atoms with Crippen molar-refractivity contribution in [1.82, 2.24) is 0 Å². The molecule has 172 valence electrons. The molecular weight excluding hydrogens is 484 g/mol. The molecule has 0 aromatic heterocycles. The van der Waals surface area contributed by atoms with E-state index in [0.29, 0.717) is 0 Å². The standard InChI is InChI=1S/C12H4N6O14S/c19-13(20)5-1-7(15(23)24)11(8(2-5)16(25)26)33(31,32)12-9(17(27)28)3-6(14(21)22)4-10(12)18(29)30/h1-4H. The van der Waals surface area contributed by atoms with Gasteiger partial charge in [-0.3, -0.25) is 60.7 Å². The van der Waals surface area contributed by atoms with Crippen LogP contribution in [0.5, 0.6) is 0 Å².